The van der Waals surface area contributed by atoms with Crippen LogP contribution < -0.4 is 15.5 Å². The minimum atomic E-state index is -0.388. The second-order valence-electron chi connectivity index (χ2n) is 4.81. The van der Waals surface area contributed by atoms with E-state index in [-0.39, 0.29) is 6.03 Å². The molecular formula is C18H19N3O2. The maximum Gasteiger partial charge on any atom is 0.339 e. The number of carbonyl (C=O) groups excluding carboxylic acids is 1. The number of hydrogen-bond donors (Lipinski definition) is 2. The molecule has 0 aliphatic rings. The SMILES string of the molecule is C=CCOc1ccc(C=NNC(=O)Nc2ccccc2C)cc1. The van der Waals surface area contributed by atoms with E-state index < -0.39 is 0 Å². The number of urea groups is 1. The van der Waals surface area contributed by atoms with Gasteiger partial charge in [-0.2, -0.15) is 5.10 Å². The van der Waals surface area contributed by atoms with Crippen LogP contribution in [-0.2, 0) is 0 Å². The number of hydrogen-bond acceptors (Lipinski definition) is 3. The van der Waals surface area contributed by atoms with Crippen LogP contribution >= 0.6 is 0 Å². The Hall–Kier alpha value is -3.08. The Morgan fingerprint density at radius 3 is 2.65 bits per heavy atom. The minimum absolute atomic E-state index is 0.388. The molecule has 0 unspecified atom stereocenters. The standard InChI is InChI=1S/C18H19N3O2/c1-3-12-23-16-10-8-15(9-11-16)13-19-21-18(22)20-17-7-5-4-6-14(17)2/h3-11,13H,1,12H2,2H3,(H2,20,21,22). The van der Waals surface area contributed by atoms with Crippen molar-refractivity contribution in [2.45, 2.75) is 6.92 Å². The molecule has 0 bridgehead atoms. The molecule has 0 aliphatic heterocycles. The van der Waals surface area contributed by atoms with Gasteiger partial charge in [0.15, 0.2) is 0 Å². The van der Waals surface area contributed by atoms with E-state index in [0.717, 1.165) is 22.6 Å². The first-order valence-electron chi connectivity index (χ1n) is 7.18. The third-order valence-corrected chi connectivity index (χ3v) is 3.02. The number of nitrogens with one attached hydrogen (secondary N) is 2. The maximum atomic E-state index is 11.8. The Morgan fingerprint density at radius 1 is 1.22 bits per heavy atom. The van der Waals surface area contributed by atoms with Gasteiger partial charge in [-0.3, -0.25) is 0 Å². The zero-order chi connectivity index (χ0) is 16.5. The molecule has 0 heterocycles. The lowest BCUT2D eigenvalue weighted by atomic mass is 10.2. The first kappa shape index (κ1) is 16.3. The molecule has 0 saturated heterocycles. The number of para-hydroxylation sites is 1. The van der Waals surface area contributed by atoms with Crippen LogP contribution in [0.2, 0.25) is 0 Å². The Kier molecular flexibility index (Phi) is 5.94. The number of nitrogens with zero attached hydrogens (tertiary/aromatic N) is 1. The number of ether oxygens (including phenoxy) is 1. The number of benzene rings is 2. The Labute approximate surface area is 135 Å². The molecule has 2 N–H and O–H groups in total. The van der Waals surface area contributed by atoms with Crippen LogP contribution in [0, 0.1) is 6.92 Å². The predicted molar refractivity (Wildman–Crippen MR) is 93.1 cm³/mol. The van der Waals surface area contributed by atoms with E-state index in [4.69, 9.17) is 4.74 Å². The largest absolute Gasteiger partial charge is 0.490 e. The summed E-state index contributed by atoms with van der Waals surface area (Å²) in [5.74, 6) is 0.757. The van der Waals surface area contributed by atoms with Crippen LogP contribution in [-0.4, -0.2) is 18.9 Å². The predicted octanol–water partition coefficient (Wildman–Crippen LogP) is 3.72. The molecule has 2 rings (SSSR count). The van der Waals surface area contributed by atoms with E-state index >= 15 is 0 Å². The molecule has 2 amide bonds. The zero-order valence-electron chi connectivity index (χ0n) is 13.0. The number of hydrazone groups is 1. The maximum absolute atomic E-state index is 11.8. The normalized spacial score (nSPS) is 10.3. The van der Waals surface area contributed by atoms with Gasteiger partial charge in [0.25, 0.3) is 0 Å². The number of anilines is 1. The molecular weight excluding hydrogens is 290 g/mol. The van der Waals surface area contributed by atoms with Gasteiger partial charge in [-0.25, -0.2) is 10.2 Å². The van der Waals surface area contributed by atoms with Gasteiger partial charge in [-0.05, 0) is 48.4 Å². The molecule has 0 atom stereocenters. The van der Waals surface area contributed by atoms with Crippen molar-refractivity contribution >= 4 is 17.9 Å². The first-order chi connectivity index (χ1) is 11.2. The highest BCUT2D eigenvalue weighted by molar-refractivity contribution is 5.91. The summed E-state index contributed by atoms with van der Waals surface area (Å²) in [4.78, 5) is 11.8. The highest BCUT2D eigenvalue weighted by Gasteiger charge is 2.01. The number of carbonyl (C=O) groups is 1. The Bertz CT molecular complexity index is 694. The van der Waals surface area contributed by atoms with Gasteiger partial charge in [-0.15, -0.1) is 0 Å². The lowest BCUT2D eigenvalue weighted by Gasteiger charge is -2.06. The fraction of sp³-hybridized carbons (Fsp3) is 0.111. The van der Waals surface area contributed by atoms with Gasteiger partial charge in [-0.1, -0.05) is 30.9 Å². The van der Waals surface area contributed by atoms with E-state index in [1.54, 1.807) is 12.3 Å². The van der Waals surface area contributed by atoms with Gasteiger partial charge in [0.2, 0.25) is 0 Å². The van der Waals surface area contributed by atoms with E-state index in [1.807, 2.05) is 55.5 Å². The molecule has 23 heavy (non-hydrogen) atoms. The van der Waals surface area contributed by atoms with Crippen molar-refractivity contribution < 1.29 is 9.53 Å². The van der Waals surface area contributed by atoms with E-state index in [2.05, 4.69) is 22.4 Å². The second kappa shape index (κ2) is 8.38. The molecule has 0 radical (unpaired) electrons. The summed E-state index contributed by atoms with van der Waals surface area (Å²) in [7, 11) is 0. The quantitative estimate of drug-likeness (QED) is 0.485. The molecule has 5 nitrogen and oxygen atoms in total. The van der Waals surface area contributed by atoms with Crippen molar-refractivity contribution in [2.24, 2.45) is 5.10 Å². The minimum Gasteiger partial charge on any atom is -0.490 e. The molecule has 0 saturated carbocycles. The average molecular weight is 309 g/mol. The molecule has 118 valence electrons. The molecule has 0 aromatic heterocycles. The van der Waals surface area contributed by atoms with Gasteiger partial charge in [0.1, 0.15) is 12.4 Å². The summed E-state index contributed by atoms with van der Waals surface area (Å²) < 4.78 is 5.39. The van der Waals surface area contributed by atoms with Crippen molar-refractivity contribution in [3.05, 3.63) is 72.3 Å². The summed E-state index contributed by atoms with van der Waals surface area (Å²) in [5.41, 5.74) is 5.03. The van der Waals surface area contributed by atoms with Gasteiger partial charge >= 0.3 is 6.03 Å². The molecule has 0 aliphatic carbocycles. The van der Waals surface area contributed by atoms with Crippen molar-refractivity contribution in [3.63, 3.8) is 0 Å². The summed E-state index contributed by atoms with van der Waals surface area (Å²) in [6.07, 6.45) is 3.25. The number of amides is 2. The van der Waals surface area contributed by atoms with Crippen LogP contribution in [0.4, 0.5) is 10.5 Å². The third-order valence-electron chi connectivity index (χ3n) is 3.02. The third kappa shape index (κ3) is 5.32. The van der Waals surface area contributed by atoms with E-state index in [9.17, 15) is 4.79 Å². The average Bonchev–Trinajstić information content (AvgIpc) is 2.56. The summed E-state index contributed by atoms with van der Waals surface area (Å²) in [6.45, 7) is 5.99. The van der Waals surface area contributed by atoms with Crippen LogP contribution in [0.3, 0.4) is 0 Å². The topological polar surface area (TPSA) is 62.7 Å². The number of rotatable bonds is 6. The Morgan fingerprint density at radius 2 is 1.96 bits per heavy atom. The zero-order valence-corrected chi connectivity index (χ0v) is 13.0. The first-order valence-corrected chi connectivity index (χ1v) is 7.18. The van der Waals surface area contributed by atoms with Crippen LogP contribution in [0.1, 0.15) is 11.1 Å². The van der Waals surface area contributed by atoms with Crippen LogP contribution in [0.15, 0.2) is 66.3 Å². The van der Waals surface area contributed by atoms with Gasteiger partial charge < -0.3 is 10.1 Å². The van der Waals surface area contributed by atoms with Gasteiger partial charge in [0, 0.05) is 5.69 Å². The molecule has 2 aromatic carbocycles. The van der Waals surface area contributed by atoms with Crippen molar-refractivity contribution in [2.75, 3.05) is 11.9 Å². The molecule has 0 fully saturated rings. The van der Waals surface area contributed by atoms with Crippen molar-refractivity contribution in [3.8, 4) is 5.75 Å². The van der Waals surface area contributed by atoms with Crippen molar-refractivity contribution in [1.82, 2.24) is 5.43 Å². The highest BCUT2D eigenvalue weighted by Crippen LogP contribution is 2.13. The van der Waals surface area contributed by atoms with Crippen LogP contribution in [0.5, 0.6) is 5.75 Å². The van der Waals surface area contributed by atoms with Gasteiger partial charge in [0.05, 0.1) is 6.21 Å². The highest BCUT2D eigenvalue weighted by atomic mass is 16.5. The number of aryl methyl sites for hydroxylation is 1. The summed E-state index contributed by atoms with van der Waals surface area (Å²) in [5, 5.41) is 6.65. The van der Waals surface area contributed by atoms with Crippen molar-refractivity contribution in [1.29, 1.82) is 0 Å². The van der Waals surface area contributed by atoms with E-state index in [0.29, 0.717) is 6.61 Å². The van der Waals surface area contributed by atoms with Crippen LogP contribution in [0.25, 0.3) is 0 Å². The fourth-order valence-electron chi connectivity index (χ4n) is 1.83. The summed E-state index contributed by atoms with van der Waals surface area (Å²) in [6, 6.07) is 14.5. The molecule has 2 aromatic rings. The smallest absolute Gasteiger partial charge is 0.339 e. The Balaban J connectivity index is 1.85. The summed E-state index contributed by atoms with van der Waals surface area (Å²) >= 11 is 0. The fourth-order valence-corrected chi connectivity index (χ4v) is 1.83. The molecule has 5 heteroatoms. The second-order valence-corrected chi connectivity index (χ2v) is 4.81. The lowest BCUT2D eigenvalue weighted by Crippen LogP contribution is -2.24. The molecule has 0 spiro atoms. The van der Waals surface area contributed by atoms with E-state index in [1.165, 1.54) is 0 Å². The lowest BCUT2D eigenvalue weighted by molar-refractivity contribution is 0.252. The monoisotopic (exact) mass is 309 g/mol.